The van der Waals surface area contributed by atoms with Crippen molar-refractivity contribution in [3.05, 3.63) is 89.8 Å². The lowest BCUT2D eigenvalue weighted by Gasteiger charge is -2.24. The van der Waals surface area contributed by atoms with Gasteiger partial charge in [0.1, 0.15) is 0 Å². The van der Waals surface area contributed by atoms with Crippen LogP contribution in [0.3, 0.4) is 0 Å². The zero-order valence-corrected chi connectivity index (χ0v) is 18.8. The summed E-state index contributed by atoms with van der Waals surface area (Å²) < 4.78 is 0.838. The number of fused-ring (bicyclic) bond motifs is 1. The summed E-state index contributed by atoms with van der Waals surface area (Å²) in [5.41, 5.74) is 3.60. The molecular weight excluding hydrogens is 452 g/mol. The van der Waals surface area contributed by atoms with Crippen LogP contribution in [-0.2, 0) is 9.59 Å². The molecule has 0 fully saturated rings. The summed E-state index contributed by atoms with van der Waals surface area (Å²) in [4.78, 5) is 39.3. The summed E-state index contributed by atoms with van der Waals surface area (Å²) in [6.07, 6.45) is 0. The third-order valence-electron chi connectivity index (χ3n) is 4.97. The van der Waals surface area contributed by atoms with Gasteiger partial charge in [0.15, 0.2) is 0 Å². The monoisotopic (exact) mass is 474 g/mol. The minimum Gasteiger partial charge on any atom is -0.353 e. The van der Waals surface area contributed by atoms with Crippen molar-refractivity contribution >= 4 is 56.2 Å². The first-order chi connectivity index (χ1) is 16.5. The van der Waals surface area contributed by atoms with Crippen molar-refractivity contribution < 1.29 is 19.6 Å². The number of hydroxylamine groups is 1. The Kier molecular flexibility index (Phi) is 7.16. The third kappa shape index (κ3) is 5.77. The Hall–Kier alpha value is -4.21. The number of amides is 3. The average Bonchev–Trinajstić information content (AvgIpc) is 3.28. The molecule has 3 aromatic carbocycles. The normalized spacial score (nSPS) is 10.5. The first-order valence-corrected chi connectivity index (χ1v) is 11.3. The molecule has 0 bridgehead atoms. The largest absolute Gasteiger partial charge is 0.353 e. The Labute approximate surface area is 199 Å². The van der Waals surface area contributed by atoms with E-state index in [0.29, 0.717) is 21.9 Å². The number of rotatable bonds is 8. The van der Waals surface area contributed by atoms with Crippen LogP contribution in [0.2, 0.25) is 0 Å². The van der Waals surface area contributed by atoms with Crippen LogP contribution in [0.4, 0.5) is 17.1 Å². The number of anilines is 3. The maximum atomic E-state index is 12.8. The second-order valence-electron chi connectivity index (χ2n) is 7.46. The molecule has 4 N–H and O–H groups in total. The Morgan fingerprint density at radius 3 is 1.85 bits per heavy atom. The highest BCUT2D eigenvalue weighted by Crippen LogP contribution is 2.29. The molecule has 0 aliphatic rings. The van der Waals surface area contributed by atoms with Crippen molar-refractivity contribution in [2.75, 3.05) is 28.6 Å². The Morgan fingerprint density at radius 1 is 0.765 bits per heavy atom. The first-order valence-electron chi connectivity index (χ1n) is 10.4. The number of hydrogen-bond donors (Lipinski definition) is 4. The molecule has 0 aliphatic heterocycles. The average molecular weight is 475 g/mol. The zero-order chi connectivity index (χ0) is 23.9. The third-order valence-corrected chi connectivity index (χ3v) is 6.09. The van der Waals surface area contributed by atoms with Crippen molar-refractivity contribution in [3.63, 3.8) is 0 Å². The van der Waals surface area contributed by atoms with E-state index < -0.39 is 5.91 Å². The number of carbonyl (C=O) groups is 3. The maximum Gasteiger partial charge on any atom is 0.284 e. The highest BCUT2D eigenvalue weighted by molar-refractivity contribution is 7.20. The number of nitrogens with zero attached hydrogens (tertiary/aromatic N) is 1. The molecular formula is C25H22N4O4S. The fourth-order valence-corrected chi connectivity index (χ4v) is 4.36. The lowest BCUT2D eigenvalue weighted by molar-refractivity contribution is -0.115. The van der Waals surface area contributed by atoms with E-state index >= 15 is 0 Å². The van der Waals surface area contributed by atoms with Gasteiger partial charge in [-0.1, -0.05) is 36.4 Å². The molecule has 34 heavy (non-hydrogen) atoms. The molecule has 0 unspecified atom stereocenters. The molecule has 0 saturated heterocycles. The van der Waals surface area contributed by atoms with E-state index in [9.17, 15) is 14.4 Å². The molecule has 0 aliphatic carbocycles. The Morgan fingerprint density at radius 2 is 1.32 bits per heavy atom. The van der Waals surface area contributed by atoms with Gasteiger partial charge in [-0.2, -0.15) is 0 Å². The van der Waals surface area contributed by atoms with E-state index in [1.807, 2.05) is 48.5 Å². The van der Waals surface area contributed by atoms with Crippen LogP contribution in [0, 0.1) is 0 Å². The van der Waals surface area contributed by atoms with Crippen molar-refractivity contribution in [1.82, 2.24) is 5.48 Å². The fraction of sp³-hybridized carbons (Fsp3) is 0.0800. The highest BCUT2D eigenvalue weighted by atomic mass is 32.1. The molecule has 9 heteroatoms. The Balaban J connectivity index is 1.57. The molecule has 8 nitrogen and oxygen atoms in total. The van der Waals surface area contributed by atoms with Gasteiger partial charge in [-0.15, -0.1) is 11.3 Å². The molecule has 0 saturated carbocycles. The lowest BCUT2D eigenvalue weighted by atomic mass is 10.2. The highest BCUT2D eigenvalue weighted by Gasteiger charge is 2.18. The second-order valence-corrected chi connectivity index (χ2v) is 8.54. The number of nitrogens with one attached hydrogen (secondary N) is 3. The van der Waals surface area contributed by atoms with Crippen LogP contribution in [0.5, 0.6) is 0 Å². The van der Waals surface area contributed by atoms with Gasteiger partial charge >= 0.3 is 0 Å². The second kappa shape index (κ2) is 10.6. The number of hydrogen-bond acceptors (Lipinski definition) is 6. The summed E-state index contributed by atoms with van der Waals surface area (Å²) in [5, 5.41) is 15.3. The number of carbonyl (C=O) groups excluding carboxylic acids is 3. The number of para-hydroxylation sites is 2. The van der Waals surface area contributed by atoms with Crippen molar-refractivity contribution in [1.29, 1.82) is 0 Å². The lowest BCUT2D eigenvalue weighted by Crippen LogP contribution is -2.39. The van der Waals surface area contributed by atoms with Gasteiger partial charge in [0.2, 0.25) is 11.8 Å². The maximum absolute atomic E-state index is 12.8. The topological polar surface area (TPSA) is 111 Å². The van der Waals surface area contributed by atoms with Gasteiger partial charge in [0.25, 0.3) is 5.91 Å². The predicted octanol–water partition coefficient (Wildman–Crippen LogP) is 4.10. The molecule has 1 heterocycles. The number of thiophene rings is 1. The van der Waals surface area contributed by atoms with Crippen LogP contribution in [0.25, 0.3) is 10.1 Å². The summed E-state index contributed by atoms with van der Waals surface area (Å²) in [6.45, 7) is -0.118. The van der Waals surface area contributed by atoms with Crippen LogP contribution < -0.4 is 21.0 Å². The molecule has 1 aromatic heterocycles. The van der Waals surface area contributed by atoms with Crippen LogP contribution in [0.1, 0.15) is 9.67 Å². The zero-order valence-electron chi connectivity index (χ0n) is 18.0. The van der Waals surface area contributed by atoms with Crippen LogP contribution in [0.15, 0.2) is 84.9 Å². The van der Waals surface area contributed by atoms with Gasteiger partial charge in [-0.05, 0) is 53.9 Å². The van der Waals surface area contributed by atoms with E-state index in [1.54, 1.807) is 46.8 Å². The Bertz CT molecular complexity index is 1250. The number of benzene rings is 3. The van der Waals surface area contributed by atoms with Gasteiger partial charge in [0, 0.05) is 21.8 Å². The minimum atomic E-state index is -0.593. The van der Waals surface area contributed by atoms with E-state index in [4.69, 9.17) is 5.21 Å². The smallest absolute Gasteiger partial charge is 0.284 e. The van der Waals surface area contributed by atoms with E-state index in [2.05, 4.69) is 10.6 Å². The predicted molar refractivity (Wildman–Crippen MR) is 133 cm³/mol. The van der Waals surface area contributed by atoms with E-state index in [1.165, 1.54) is 11.3 Å². The van der Waals surface area contributed by atoms with E-state index in [-0.39, 0.29) is 24.9 Å². The molecule has 4 rings (SSSR count). The molecule has 0 spiro atoms. The van der Waals surface area contributed by atoms with Gasteiger partial charge < -0.3 is 15.5 Å². The van der Waals surface area contributed by atoms with Crippen molar-refractivity contribution in [3.8, 4) is 0 Å². The quantitative estimate of drug-likeness (QED) is 0.227. The van der Waals surface area contributed by atoms with Gasteiger partial charge in [0.05, 0.1) is 18.0 Å². The summed E-state index contributed by atoms with van der Waals surface area (Å²) >= 11 is 1.23. The molecule has 0 radical (unpaired) electrons. The fourth-order valence-electron chi connectivity index (χ4n) is 3.42. The minimum absolute atomic E-state index is 0.0588. The van der Waals surface area contributed by atoms with Crippen molar-refractivity contribution in [2.45, 2.75) is 0 Å². The molecule has 0 atom stereocenters. The van der Waals surface area contributed by atoms with Gasteiger partial charge in [-0.3, -0.25) is 19.6 Å². The molecule has 4 aromatic rings. The SMILES string of the molecule is O=C(CN(CC(=O)Nc1ccccc1)c1ccc2sc(C(=O)NO)cc2c1)Nc1ccccc1. The van der Waals surface area contributed by atoms with E-state index in [0.717, 1.165) is 10.1 Å². The van der Waals surface area contributed by atoms with Crippen LogP contribution in [-0.4, -0.2) is 36.0 Å². The van der Waals surface area contributed by atoms with Crippen LogP contribution >= 0.6 is 11.3 Å². The van der Waals surface area contributed by atoms with Gasteiger partial charge in [-0.25, -0.2) is 5.48 Å². The summed E-state index contributed by atoms with van der Waals surface area (Å²) in [7, 11) is 0. The van der Waals surface area contributed by atoms with Crippen molar-refractivity contribution in [2.24, 2.45) is 0 Å². The standard InChI is InChI=1S/C25H22N4O4S/c30-23(26-18-7-3-1-4-8-18)15-29(16-24(31)27-19-9-5-2-6-10-19)20-11-12-21-17(13-20)14-22(34-21)25(32)28-33/h1-14,33H,15-16H2,(H,26,30)(H,27,31)(H,28,32). The summed E-state index contributed by atoms with van der Waals surface area (Å²) in [6, 6.07) is 25.2. The summed E-state index contributed by atoms with van der Waals surface area (Å²) in [5.74, 6) is -1.14. The first kappa shape index (κ1) is 23.0. The molecule has 3 amide bonds. The molecule has 172 valence electrons.